The Balaban J connectivity index is 1.53. The van der Waals surface area contributed by atoms with Crippen molar-refractivity contribution in [3.8, 4) is 5.75 Å². The summed E-state index contributed by atoms with van der Waals surface area (Å²) in [6.45, 7) is 0.656. The number of hydrogen-bond donors (Lipinski definition) is 1. The highest BCUT2D eigenvalue weighted by Gasteiger charge is 2.40. The monoisotopic (exact) mass is 384 g/mol. The van der Waals surface area contributed by atoms with E-state index < -0.39 is 11.9 Å². The van der Waals surface area contributed by atoms with Gasteiger partial charge in [-0.2, -0.15) is 0 Å². The number of amides is 3. The number of nitrogens with zero attached hydrogens (tertiary/aromatic N) is 1. The fourth-order valence-electron chi connectivity index (χ4n) is 3.45. The Morgan fingerprint density at radius 1 is 1.15 bits per heavy atom. The van der Waals surface area contributed by atoms with Gasteiger partial charge in [-0.1, -0.05) is 41.9 Å². The van der Waals surface area contributed by atoms with E-state index in [0.717, 1.165) is 11.1 Å². The van der Waals surface area contributed by atoms with Gasteiger partial charge in [-0.15, -0.1) is 0 Å². The lowest BCUT2D eigenvalue weighted by molar-refractivity contribution is -0.136. The molecule has 0 radical (unpaired) electrons. The topological polar surface area (TPSA) is 75.7 Å². The van der Waals surface area contributed by atoms with E-state index >= 15 is 0 Å². The summed E-state index contributed by atoms with van der Waals surface area (Å²) in [6.07, 6.45) is 0.537. The minimum Gasteiger partial charge on any atom is -0.489 e. The maximum absolute atomic E-state index is 12.8. The van der Waals surface area contributed by atoms with E-state index in [9.17, 15) is 14.4 Å². The number of piperidine rings is 1. The van der Waals surface area contributed by atoms with Crippen molar-refractivity contribution < 1.29 is 19.1 Å². The number of nitrogens with one attached hydrogen (secondary N) is 1. The highest BCUT2D eigenvalue weighted by Crippen LogP contribution is 2.35. The largest absolute Gasteiger partial charge is 0.489 e. The van der Waals surface area contributed by atoms with Crippen molar-refractivity contribution in [3.63, 3.8) is 0 Å². The molecule has 1 saturated heterocycles. The van der Waals surface area contributed by atoms with E-state index in [4.69, 9.17) is 16.3 Å². The van der Waals surface area contributed by atoms with E-state index in [1.165, 1.54) is 4.90 Å². The lowest BCUT2D eigenvalue weighted by atomic mass is 10.0. The molecule has 1 N–H and O–H groups in total. The minimum absolute atomic E-state index is 0.218. The molecule has 2 aliphatic rings. The summed E-state index contributed by atoms with van der Waals surface area (Å²) in [5, 5.41) is 2.59. The second-order valence-corrected chi connectivity index (χ2v) is 7.02. The van der Waals surface area contributed by atoms with E-state index in [2.05, 4.69) is 5.32 Å². The van der Waals surface area contributed by atoms with Crippen molar-refractivity contribution in [2.45, 2.75) is 32.0 Å². The van der Waals surface area contributed by atoms with Gasteiger partial charge < -0.3 is 9.64 Å². The molecule has 1 unspecified atom stereocenters. The molecule has 0 aromatic heterocycles. The number of halogens is 1. The van der Waals surface area contributed by atoms with E-state index in [-0.39, 0.29) is 24.8 Å². The van der Waals surface area contributed by atoms with Crippen LogP contribution in [0.3, 0.4) is 0 Å². The van der Waals surface area contributed by atoms with Gasteiger partial charge in [0.25, 0.3) is 5.91 Å². The van der Waals surface area contributed by atoms with Gasteiger partial charge >= 0.3 is 0 Å². The molecule has 4 rings (SSSR count). The van der Waals surface area contributed by atoms with Gasteiger partial charge in [0.15, 0.2) is 0 Å². The fraction of sp³-hybridized carbons (Fsp3) is 0.250. The van der Waals surface area contributed by atoms with Crippen LogP contribution in [0.4, 0.5) is 0 Å². The fourth-order valence-corrected chi connectivity index (χ4v) is 3.76. The SMILES string of the molecule is O=C1CCC(N2Cc3cc(OCc4ccccc4)cc(Cl)c3C2=O)C(=O)N1. The molecule has 1 atom stereocenters. The summed E-state index contributed by atoms with van der Waals surface area (Å²) in [6, 6.07) is 12.5. The molecule has 138 valence electrons. The summed E-state index contributed by atoms with van der Waals surface area (Å²) in [4.78, 5) is 37.7. The van der Waals surface area contributed by atoms with Crippen LogP contribution in [0.25, 0.3) is 0 Å². The molecule has 2 aromatic carbocycles. The Morgan fingerprint density at radius 2 is 1.93 bits per heavy atom. The first-order chi connectivity index (χ1) is 13.0. The molecule has 0 spiro atoms. The van der Waals surface area contributed by atoms with E-state index in [0.29, 0.717) is 29.4 Å². The summed E-state index contributed by atoms with van der Waals surface area (Å²) < 4.78 is 5.81. The normalized spacial score (nSPS) is 19.1. The third-order valence-electron chi connectivity index (χ3n) is 4.80. The highest BCUT2D eigenvalue weighted by atomic mass is 35.5. The molecule has 6 nitrogen and oxygen atoms in total. The van der Waals surface area contributed by atoms with Crippen LogP contribution in [0, 0.1) is 0 Å². The van der Waals surface area contributed by atoms with Crippen LogP contribution in [0.2, 0.25) is 5.02 Å². The smallest absolute Gasteiger partial charge is 0.256 e. The van der Waals surface area contributed by atoms with Crippen molar-refractivity contribution in [3.05, 3.63) is 64.2 Å². The number of imide groups is 1. The van der Waals surface area contributed by atoms with Crippen molar-refractivity contribution in [2.24, 2.45) is 0 Å². The molecular formula is C20H17ClN2O4. The van der Waals surface area contributed by atoms with Crippen LogP contribution in [-0.2, 0) is 22.7 Å². The summed E-state index contributed by atoms with van der Waals surface area (Å²) >= 11 is 6.33. The minimum atomic E-state index is -0.660. The number of ether oxygens (including phenoxy) is 1. The Bertz CT molecular complexity index is 929. The van der Waals surface area contributed by atoms with Crippen LogP contribution in [0.1, 0.15) is 34.3 Å². The number of hydrogen-bond acceptors (Lipinski definition) is 4. The number of carbonyl (C=O) groups is 3. The average molecular weight is 385 g/mol. The molecular weight excluding hydrogens is 368 g/mol. The molecule has 2 aliphatic heterocycles. The molecule has 2 heterocycles. The summed E-state index contributed by atoms with van der Waals surface area (Å²) in [7, 11) is 0. The number of carbonyl (C=O) groups excluding carboxylic acids is 3. The van der Waals surface area contributed by atoms with Crippen LogP contribution >= 0.6 is 11.6 Å². The second kappa shape index (κ2) is 7.04. The van der Waals surface area contributed by atoms with Crippen LogP contribution in [-0.4, -0.2) is 28.7 Å². The first-order valence-corrected chi connectivity index (χ1v) is 9.04. The van der Waals surface area contributed by atoms with Gasteiger partial charge in [0, 0.05) is 13.0 Å². The van der Waals surface area contributed by atoms with Crippen molar-refractivity contribution >= 4 is 29.3 Å². The van der Waals surface area contributed by atoms with Crippen molar-refractivity contribution in [1.29, 1.82) is 0 Å². The second-order valence-electron chi connectivity index (χ2n) is 6.61. The third kappa shape index (κ3) is 3.40. The molecule has 3 amide bonds. The van der Waals surface area contributed by atoms with Crippen molar-refractivity contribution in [2.75, 3.05) is 0 Å². The number of rotatable bonds is 4. The Kier molecular flexibility index (Phi) is 4.58. The number of benzene rings is 2. The zero-order valence-corrected chi connectivity index (χ0v) is 15.2. The first kappa shape index (κ1) is 17.5. The quantitative estimate of drug-likeness (QED) is 0.822. The van der Waals surface area contributed by atoms with E-state index in [1.54, 1.807) is 12.1 Å². The maximum Gasteiger partial charge on any atom is 0.256 e. The zero-order chi connectivity index (χ0) is 19.0. The Labute approximate surface area is 161 Å². The lowest BCUT2D eigenvalue weighted by Crippen LogP contribution is -2.52. The van der Waals surface area contributed by atoms with Gasteiger partial charge in [-0.3, -0.25) is 19.7 Å². The third-order valence-corrected chi connectivity index (χ3v) is 5.09. The predicted molar refractivity (Wildman–Crippen MR) is 98.3 cm³/mol. The van der Waals surface area contributed by atoms with Crippen molar-refractivity contribution in [1.82, 2.24) is 10.2 Å². The Hall–Kier alpha value is -2.86. The standard InChI is InChI=1S/C20H17ClN2O4/c21-15-9-14(27-11-12-4-2-1-3-5-12)8-13-10-23(20(26)18(13)15)16-6-7-17(24)22-19(16)25/h1-5,8-9,16H,6-7,10-11H2,(H,22,24,25). The highest BCUT2D eigenvalue weighted by molar-refractivity contribution is 6.34. The molecule has 0 bridgehead atoms. The molecule has 0 aliphatic carbocycles. The lowest BCUT2D eigenvalue weighted by Gasteiger charge is -2.29. The van der Waals surface area contributed by atoms with Gasteiger partial charge in [0.2, 0.25) is 11.8 Å². The summed E-state index contributed by atoms with van der Waals surface area (Å²) in [5.41, 5.74) is 2.14. The molecule has 2 aromatic rings. The first-order valence-electron chi connectivity index (χ1n) is 8.67. The van der Waals surface area contributed by atoms with Crippen LogP contribution < -0.4 is 10.1 Å². The van der Waals surface area contributed by atoms with Gasteiger partial charge in [-0.25, -0.2) is 0 Å². The Morgan fingerprint density at radius 3 is 2.67 bits per heavy atom. The molecule has 1 fully saturated rings. The predicted octanol–water partition coefficient (Wildman–Crippen LogP) is 2.68. The van der Waals surface area contributed by atoms with Crippen LogP contribution in [0.5, 0.6) is 5.75 Å². The van der Waals surface area contributed by atoms with Gasteiger partial charge in [0.05, 0.1) is 10.6 Å². The molecule has 0 saturated carbocycles. The van der Waals surface area contributed by atoms with Gasteiger partial charge in [-0.05, 0) is 29.7 Å². The van der Waals surface area contributed by atoms with Crippen LogP contribution in [0.15, 0.2) is 42.5 Å². The maximum atomic E-state index is 12.8. The number of fused-ring (bicyclic) bond motifs is 1. The molecule has 27 heavy (non-hydrogen) atoms. The summed E-state index contributed by atoms with van der Waals surface area (Å²) in [5.74, 6) is -0.473. The molecule has 7 heteroatoms. The zero-order valence-electron chi connectivity index (χ0n) is 14.4. The van der Waals surface area contributed by atoms with E-state index in [1.807, 2.05) is 30.3 Å². The van der Waals surface area contributed by atoms with Gasteiger partial charge in [0.1, 0.15) is 18.4 Å². The average Bonchev–Trinajstić information content (AvgIpc) is 2.98.